The van der Waals surface area contributed by atoms with E-state index in [2.05, 4.69) is 10.3 Å². The minimum Gasteiger partial charge on any atom is -0.492 e. The molecule has 0 unspecified atom stereocenters. The van der Waals surface area contributed by atoms with Gasteiger partial charge in [-0.3, -0.25) is 4.79 Å². The summed E-state index contributed by atoms with van der Waals surface area (Å²) in [6, 6.07) is 16.3. The lowest BCUT2D eigenvalue weighted by molar-refractivity contribution is -0.141. The highest BCUT2D eigenvalue weighted by Gasteiger charge is 2.31. The highest BCUT2D eigenvalue weighted by molar-refractivity contribution is 7.99. The summed E-state index contributed by atoms with van der Waals surface area (Å²) in [4.78, 5) is 16.2. The molecule has 9 heteroatoms. The largest absolute Gasteiger partial charge is 0.492 e. The molecule has 0 fully saturated rings. The summed E-state index contributed by atoms with van der Waals surface area (Å²) in [5.41, 5.74) is 2.05. The minimum atomic E-state index is -4.41. The zero-order valence-corrected chi connectivity index (χ0v) is 17.7. The van der Waals surface area contributed by atoms with Gasteiger partial charge in [0.2, 0.25) is 5.91 Å². The number of hydrogen-bond donors (Lipinski definition) is 1. The van der Waals surface area contributed by atoms with E-state index < -0.39 is 12.7 Å². The molecule has 3 aromatic rings. The van der Waals surface area contributed by atoms with Crippen LogP contribution in [0.25, 0.3) is 11.3 Å². The number of hydrogen-bond acceptors (Lipinski definition) is 4. The van der Waals surface area contributed by atoms with Crippen molar-refractivity contribution in [2.45, 2.75) is 24.8 Å². The number of aryl methyl sites for hydroxylation is 1. The van der Waals surface area contributed by atoms with Crippen molar-refractivity contribution in [1.29, 1.82) is 0 Å². The van der Waals surface area contributed by atoms with E-state index in [1.165, 1.54) is 6.20 Å². The Bertz CT molecular complexity index is 1010. The molecule has 0 saturated carbocycles. The smallest absolute Gasteiger partial charge is 0.406 e. The molecule has 1 aromatic heterocycles. The van der Waals surface area contributed by atoms with Crippen LogP contribution in [0.4, 0.5) is 13.2 Å². The van der Waals surface area contributed by atoms with Gasteiger partial charge < -0.3 is 14.6 Å². The van der Waals surface area contributed by atoms with Gasteiger partial charge in [-0.1, -0.05) is 54.2 Å². The number of imidazole rings is 1. The fourth-order valence-corrected chi connectivity index (χ4v) is 3.70. The molecule has 5 nitrogen and oxygen atoms in total. The number of aromatic nitrogens is 2. The van der Waals surface area contributed by atoms with Gasteiger partial charge in [-0.15, -0.1) is 0 Å². The maximum atomic E-state index is 13.1. The molecule has 31 heavy (non-hydrogen) atoms. The Morgan fingerprint density at radius 2 is 1.94 bits per heavy atom. The molecule has 164 valence electrons. The highest BCUT2D eigenvalue weighted by atomic mass is 32.2. The number of carbonyl (C=O) groups is 1. The Morgan fingerprint density at radius 3 is 2.65 bits per heavy atom. The van der Waals surface area contributed by atoms with E-state index >= 15 is 0 Å². The Hall–Kier alpha value is -2.94. The number of amides is 1. The van der Waals surface area contributed by atoms with E-state index in [9.17, 15) is 18.0 Å². The normalized spacial score (nSPS) is 11.4. The number of nitrogens with one attached hydrogen (secondary N) is 1. The summed E-state index contributed by atoms with van der Waals surface area (Å²) in [7, 11) is 0. The van der Waals surface area contributed by atoms with E-state index in [0.29, 0.717) is 30.2 Å². The van der Waals surface area contributed by atoms with E-state index in [1.807, 2.05) is 31.2 Å². The van der Waals surface area contributed by atoms with Gasteiger partial charge in [-0.2, -0.15) is 13.2 Å². The standard InChI is InChI=1S/C22H22F3N3O2S/c1-16-6-5-9-18(12-16)30-11-10-26-20(29)14-31-21-27-13-19(17-7-3-2-4-8-17)28(21)15-22(23,24)25/h2-9,12-13H,10-11,14-15H2,1H3,(H,26,29). The van der Waals surface area contributed by atoms with Crippen molar-refractivity contribution in [1.82, 2.24) is 14.9 Å². The molecule has 3 rings (SSSR count). The predicted molar refractivity (Wildman–Crippen MR) is 114 cm³/mol. The lowest BCUT2D eigenvalue weighted by Crippen LogP contribution is -2.29. The van der Waals surface area contributed by atoms with E-state index in [1.54, 1.807) is 30.3 Å². The number of rotatable bonds is 9. The molecule has 1 amide bonds. The van der Waals surface area contributed by atoms with Crippen LogP contribution in [0.5, 0.6) is 5.75 Å². The molecule has 2 aromatic carbocycles. The van der Waals surface area contributed by atoms with E-state index in [4.69, 9.17) is 4.74 Å². The Kier molecular flexibility index (Phi) is 7.62. The van der Waals surface area contributed by atoms with E-state index in [0.717, 1.165) is 21.9 Å². The minimum absolute atomic E-state index is 0.0481. The first kappa shape index (κ1) is 22.7. The zero-order valence-electron chi connectivity index (χ0n) is 16.9. The van der Waals surface area contributed by atoms with Gasteiger partial charge in [-0.25, -0.2) is 4.98 Å². The maximum absolute atomic E-state index is 13.1. The SMILES string of the molecule is Cc1cccc(OCCNC(=O)CSc2ncc(-c3ccccc3)n2CC(F)(F)F)c1. The molecule has 0 aliphatic carbocycles. The van der Waals surface area contributed by atoms with Gasteiger partial charge in [0.05, 0.1) is 24.2 Å². The third-order valence-corrected chi connectivity index (χ3v) is 5.23. The fraction of sp³-hybridized carbons (Fsp3) is 0.273. The summed E-state index contributed by atoms with van der Waals surface area (Å²) in [6.07, 6.45) is -3.01. The van der Waals surface area contributed by atoms with Crippen molar-refractivity contribution in [3.8, 4) is 17.0 Å². The molecular formula is C22H22F3N3O2S. The first-order valence-corrected chi connectivity index (χ1v) is 10.6. The Balaban J connectivity index is 1.55. The van der Waals surface area contributed by atoms with Crippen molar-refractivity contribution in [3.05, 3.63) is 66.4 Å². The third-order valence-electron chi connectivity index (χ3n) is 4.24. The summed E-state index contributed by atoms with van der Waals surface area (Å²) >= 11 is 0.967. The average Bonchev–Trinajstić information content (AvgIpc) is 3.11. The Morgan fingerprint density at radius 1 is 1.16 bits per heavy atom. The number of halogens is 3. The van der Waals surface area contributed by atoms with Crippen molar-refractivity contribution in [3.63, 3.8) is 0 Å². The summed E-state index contributed by atoms with van der Waals surface area (Å²) in [6.45, 7) is 1.36. The van der Waals surface area contributed by atoms with Crippen LogP contribution in [0.15, 0.2) is 66.0 Å². The van der Waals surface area contributed by atoms with Crippen molar-refractivity contribution in [2.24, 2.45) is 0 Å². The predicted octanol–water partition coefficient (Wildman–Crippen LogP) is 4.71. The summed E-state index contributed by atoms with van der Waals surface area (Å²) in [5, 5.41) is 2.84. The van der Waals surface area contributed by atoms with Gasteiger partial charge in [-0.05, 0) is 30.2 Å². The zero-order chi connectivity index (χ0) is 22.3. The molecule has 0 aliphatic rings. The lowest BCUT2D eigenvalue weighted by Gasteiger charge is -2.14. The molecule has 1 heterocycles. The maximum Gasteiger partial charge on any atom is 0.406 e. The number of alkyl halides is 3. The number of nitrogens with zero attached hydrogens (tertiary/aromatic N) is 2. The topological polar surface area (TPSA) is 56.1 Å². The first-order chi connectivity index (χ1) is 14.8. The molecule has 0 atom stereocenters. The summed E-state index contributed by atoms with van der Waals surface area (Å²) < 4.78 is 46.0. The molecule has 0 spiro atoms. The lowest BCUT2D eigenvalue weighted by atomic mass is 10.2. The van der Waals surface area contributed by atoms with Gasteiger partial charge >= 0.3 is 6.18 Å². The molecule has 0 radical (unpaired) electrons. The van der Waals surface area contributed by atoms with Gasteiger partial charge in [0.1, 0.15) is 18.9 Å². The van der Waals surface area contributed by atoms with E-state index in [-0.39, 0.29) is 16.8 Å². The van der Waals surface area contributed by atoms with Crippen LogP contribution in [-0.4, -0.2) is 40.5 Å². The van der Waals surface area contributed by atoms with Crippen molar-refractivity contribution < 1.29 is 22.7 Å². The van der Waals surface area contributed by atoms with Crippen LogP contribution in [0.2, 0.25) is 0 Å². The average molecular weight is 449 g/mol. The third kappa shape index (κ3) is 7.06. The van der Waals surface area contributed by atoms with Crippen molar-refractivity contribution in [2.75, 3.05) is 18.9 Å². The van der Waals surface area contributed by atoms with Gasteiger partial charge in [0.25, 0.3) is 0 Å². The monoisotopic (exact) mass is 449 g/mol. The molecule has 1 N–H and O–H groups in total. The quantitative estimate of drug-likeness (QED) is 0.380. The number of thioether (sulfide) groups is 1. The second kappa shape index (κ2) is 10.4. The van der Waals surface area contributed by atoms with Crippen LogP contribution in [0.1, 0.15) is 5.56 Å². The van der Waals surface area contributed by atoms with Crippen LogP contribution >= 0.6 is 11.8 Å². The van der Waals surface area contributed by atoms with Crippen molar-refractivity contribution >= 4 is 17.7 Å². The molecule has 0 bridgehead atoms. The van der Waals surface area contributed by atoms with Gasteiger partial charge in [0.15, 0.2) is 5.16 Å². The molecule has 0 aliphatic heterocycles. The first-order valence-electron chi connectivity index (χ1n) is 9.58. The second-order valence-electron chi connectivity index (χ2n) is 6.80. The van der Waals surface area contributed by atoms with Gasteiger partial charge in [0, 0.05) is 0 Å². The molecule has 0 saturated heterocycles. The van der Waals surface area contributed by atoms with Crippen LogP contribution in [0, 0.1) is 6.92 Å². The fourth-order valence-electron chi connectivity index (χ4n) is 2.89. The van der Waals surface area contributed by atoms with Crippen LogP contribution < -0.4 is 10.1 Å². The molecular weight excluding hydrogens is 427 g/mol. The number of benzene rings is 2. The second-order valence-corrected chi connectivity index (χ2v) is 7.74. The van der Waals surface area contributed by atoms with Crippen LogP contribution in [-0.2, 0) is 11.3 Å². The highest BCUT2D eigenvalue weighted by Crippen LogP contribution is 2.29. The Labute approximate surface area is 182 Å². The summed E-state index contributed by atoms with van der Waals surface area (Å²) in [5.74, 6) is 0.361. The number of ether oxygens (including phenoxy) is 1. The van der Waals surface area contributed by atoms with Crippen LogP contribution in [0.3, 0.4) is 0 Å². The number of carbonyl (C=O) groups excluding carboxylic acids is 1.